The number of hydrogen-bond acceptors (Lipinski definition) is 6. The van der Waals surface area contributed by atoms with Gasteiger partial charge in [-0.3, -0.25) is 4.98 Å². The molecule has 4 heterocycles. The molecule has 5 aromatic carbocycles. The first-order valence-corrected chi connectivity index (χ1v) is 19.9. The summed E-state index contributed by atoms with van der Waals surface area (Å²) in [5.41, 5.74) is 10.9. The zero-order valence-electron chi connectivity index (χ0n) is 30.3. The van der Waals surface area contributed by atoms with E-state index >= 15 is 0 Å². The summed E-state index contributed by atoms with van der Waals surface area (Å²) in [7, 11) is 0. The highest BCUT2D eigenvalue weighted by molar-refractivity contribution is 7.17. The number of pyridine rings is 1. The fraction of sp³-hybridized carbons (Fsp3) is 0.0800. The molecule has 0 amide bonds. The maximum atomic E-state index is 6.06. The lowest BCUT2D eigenvalue weighted by atomic mass is 9.89. The zero-order valence-corrected chi connectivity index (χ0v) is 31.2. The molecule has 0 radical (unpaired) electrons. The summed E-state index contributed by atoms with van der Waals surface area (Å²) >= 11 is 1.89. The Labute approximate surface area is 327 Å². The van der Waals surface area contributed by atoms with Gasteiger partial charge < -0.3 is 4.42 Å². The highest BCUT2D eigenvalue weighted by Gasteiger charge is 2.18. The minimum atomic E-state index is 0.251. The van der Waals surface area contributed by atoms with Crippen molar-refractivity contribution in [2.45, 2.75) is 24.7 Å². The number of para-hydroxylation sites is 3. The van der Waals surface area contributed by atoms with Crippen LogP contribution in [0.5, 0.6) is 0 Å². The topological polar surface area (TPSA) is 64.7 Å². The van der Waals surface area contributed by atoms with E-state index in [1.54, 1.807) is 0 Å². The van der Waals surface area contributed by atoms with Gasteiger partial charge in [0, 0.05) is 49.3 Å². The van der Waals surface area contributed by atoms with E-state index < -0.39 is 0 Å². The predicted octanol–water partition coefficient (Wildman–Crippen LogP) is 11.3. The normalized spacial score (nSPS) is 16.4. The van der Waals surface area contributed by atoms with Crippen molar-refractivity contribution in [1.82, 2.24) is 19.9 Å². The Bertz CT molecular complexity index is 3120. The molecule has 2 atom stereocenters. The van der Waals surface area contributed by atoms with E-state index in [1.165, 1.54) is 31.0 Å². The maximum absolute atomic E-state index is 6.06. The van der Waals surface area contributed by atoms with Crippen molar-refractivity contribution in [2.75, 3.05) is 0 Å². The summed E-state index contributed by atoms with van der Waals surface area (Å²) in [6, 6.07) is 46.4. The highest BCUT2D eigenvalue weighted by atomic mass is 32.1. The number of allylic oxidation sites excluding steroid dienone is 4. The number of fused-ring (bicyclic) bond motifs is 5. The average Bonchev–Trinajstić information content (AvgIpc) is 3.88. The van der Waals surface area contributed by atoms with Gasteiger partial charge in [-0.05, 0) is 88.7 Å². The van der Waals surface area contributed by atoms with Crippen LogP contribution in [0, 0.1) is 0 Å². The summed E-state index contributed by atoms with van der Waals surface area (Å²) < 4.78 is 8.77. The van der Waals surface area contributed by atoms with Crippen LogP contribution >= 0.6 is 11.3 Å². The molecule has 0 spiro atoms. The van der Waals surface area contributed by atoms with Crippen molar-refractivity contribution in [2.24, 2.45) is 0 Å². The van der Waals surface area contributed by atoms with Crippen molar-refractivity contribution in [3.63, 3.8) is 0 Å². The number of thiophene rings is 1. The van der Waals surface area contributed by atoms with Crippen LogP contribution in [0.4, 0.5) is 0 Å². The van der Waals surface area contributed by atoms with Crippen LogP contribution < -0.4 is 9.75 Å². The number of aromatic nitrogens is 4. The van der Waals surface area contributed by atoms with Crippen LogP contribution in [0.25, 0.3) is 83.9 Å². The van der Waals surface area contributed by atoms with Gasteiger partial charge in [0.25, 0.3) is 0 Å². The molecule has 56 heavy (non-hydrogen) atoms. The van der Waals surface area contributed by atoms with E-state index in [0.717, 1.165) is 68.5 Å². The molecule has 4 aromatic heterocycles. The molecule has 0 saturated heterocycles. The Kier molecular flexibility index (Phi) is 7.88. The van der Waals surface area contributed by atoms with Crippen molar-refractivity contribution in [1.29, 1.82) is 0 Å². The molecule has 6 heteroatoms. The van der Waals surface area contributed by atoms with Gasteiger partial charge in [0.1, 0.15) is 5.52 Å². The number of rotatable bonds is 6. The van der Waals surface area contributed by atoms with Crippen molar-refractivity contribution in [3.05, 3.63) is 184 Å². The minimum Gasteiger partial charge on any atom is -0.436 e. The molecule has 0 N–H and O–H groups in total. The molecule has 2 aliphatic rings. The Morgan fingerprint density at radius 1 is 0.607 bits per heavy atom. The number of oxazole rings is 1. The van der Waals surface area contributed by atoms with E-state index in [-0.39, 0.29) is 5.92 Å². The number of nitrogens with zero attached hydrogens (tertiary/aromatic N) is 4. The third-order valence-corrected chi connectivity index (χ3v) is 12.2. The molecule has 0 fully saturated rings. The maximum Gasteiger partial charge on any atom is 0.227 e. The molecule has 0 saturated carbocycles. The van der Waals surface area contributed by atoms with E-state index in [4.69, 9.17) is 24.4 Å². The standard InChI is InChI=1S/C50H34N4OS/c1-3-9-42-38(7-1)27-39(30-51-42)32-15-19-34(20-16-32)45-29-44(52-49(53-45)35-21-23-36(24-22-35)50-54-43-10-4-5-11-46(43)55-50)33-17-13-31(14-18-33)37-25-26-41-40-8-2-6-12-47(40)56-48(41)28-37/h1-15,17-24,26-30,32,37H,16,25H2. The summed E-state index contributed by atoms with van der Waals surface area (Å²) in [5.74, 6) is 1.86. The minimum absolute atomic E-state index is 0.251. The SMILES string of the molecule is C1=CC(c2cnc3ccccc3c2)CC=C1c1cc(-c2ccc(C3C=c4sc5ccccc5c4=CC3)cc2)nc(-c2ccc(-c3nc4ccccc4o3)cc2)n1. The third-order valence-electron chi connectivity index (χ3n) is 11.1. The van der Waals surface area contributed by atoms with Gasteiger partial charge in [0.05, 0.1) is 16.9 Å². The molecule has 0 aliphatic heterocycles. The van der Waals surface area contributed by atoms with E-state index in [0.29, 0.717) is 17.6 Å². The van der Waals surface area contributed by atoms with Crippen molar-refractivity contribution >= 4 is 61.2 Å². The van der Waals surface area contributed by atoms with Gasteiger partial charge >= 0.3 is 0 Å². The second kappa shape index (κ2) is 13.5. The Morgan fingerprint density at radius 3 is 2.21 bits per heavy atom. The van der Waals surface area contributed by atoms with Gasteiger partial charge in [-0.25, -0.2) is 15.0 Å². The summed E-state index contributed by atoms with van der Waals surface area (Å²) in [4.78, 5) is 19.8. The van der Waals surface area contributed by atoms with Crippen LogP contribution in [0.1, 0.15) is 41.5 Å². The smallest absolute Gasteiger partial charge is 0.227 e. The molecular weight excluding hydrogens is 705 g/mol. The molecular formula is C50H34N4OS. The van der Waals surface area contributed by atoms with Crippen molar-refractivity contribution < 1.29 is 4.42 Å². The van der Waals surface area contributed by atoms with E-state index in [2.05, 4.69) is 121 Å². The molecule has 2 unspecified atom stereocenters. The van der Waals surface area contributed by atoms with Gasteiger partial charge in [-0.2, -0.15) is 0 Å². The Balaban J connectivity index is 0.930. The van der Waals surface area contributed by atoms with Crippen LogP contribution in [0.15, 0.2) is 162 Å². The molecule has 266 valence electrons. The van der Waals surface area contributed by atoms with Gasteiger partial charge in [-0.15, -0.1) is 11.3 Å². The molecule has 9 aromatic rings. The molecule has 2 aliphatic carbocycles. The van der Waals surface area contributed by atoms with Crippen molar-refractivity contribution in [3.8, 4) is 34.1 Å². The van der Waals surface area contributed by atoms with Crippen LogP contribution in [-0.4, -0.2) is 19.9 Å². The lowest BCUT2D eigenvalue weighted by Crippen LogP contribution is -2.23. The lowest BCUT2D eigenvalue weighted by Gasteiger charge is -2.18. The fourth-order valence-corrected chi connectivity index (χ4v) is 9.23. The lowest BCUT2D eigenvalue weighted by molar-refractivity contribution is 0.620. The molecule has 0 bridgehead atoms. The van der Waals surface area contributed by atoms with Crippen LogP contribution in [-0.2, 0) is 0 Å². The van der Waals surface area contributed by atoms with Gasteiger partial charge in [0.15, 0.2) is 11.4 Å². The first-order chi connectivity index (χ1) is 27.7. The number of hydrogen-bond donors (Lipinski definition) is 0. The fourth-order valence-electron chi connectivity index (χ4n) is 8.03. The number of benzene rings is 5. The Morgan fingerprint density at radius 2 is 1.36 bits per heavy atom. The van der Waals surface area contributed by atoms with E-state index in [9.17, 15) is 0 Å². The third kappa shape index (κ3) is 5.95. The molecule has 5 nitrogen and oxygen atoms in total. The summed E-state index contributed by atoms with van der Waals surface area (Å²) in [6.07, 6.45) is 15.5. The quantitative estimate of drug-likeness (QED) is 0.170. The largest absolute Gasteiger partial charge is 0.436 e. The highest BCUT2D eigenvalue weighted by Crippen LogP contribution is 2.35. The molecule has 11 rings (SSSR count). The second-order valence-corrected chi connectivity index (χ2v) is 15.6. The van der Waals surface area contributed by atoms with Gasteiger partial charge in [-0.1, -0.05) is 115 Å². The zero-order chi connectivity index (χ0) is 37.0. The summed E-state index contributed by atoms with van der Waals surface area (Å²) in [5, 5.41) is 3.90. The summed E-state index contributed by atoms with van der Waals surface area (Å²) in [6.45, 7) is 0. The Hall–Kier alpha value is -6.76. The second-order valence-electron chi connectivity index (χ2n) is 14.6. The monoisotopic (exact) mass is 738 g/mol. The first-order valence-electron chi connectivity index (χ1n) is 19.1. The van der Waals surface area contributed by atoms with Crippen LogP contribution in [0.3, 0.4) is 0 Å². The first kappa shape index (κ1) is 32.7. The van der Waals surface area contributed by atoms with E-state index in [1.807, 2.05) is 60.0 Å². The predicted molar refractivity (Wildman–Crippen MR) is 229 cm³/mol. The van der Waals surface area contributed by atoms with Crippen LogP contribution in [0.2, 0.25) is 0 Å². The average molecular weight is 739 g/mol. The van der Waals surface area contributed by atoms with Gasteiger partial charge in [0.2, 0.25) is 5.89 Å².